The summed E-state index contributed by atoms with van der Waals surface area (Å²) < 4.78 is 10.4. The lowest BCUT2D eigenvalue weighted by atomic mass is 10.3. The van der Waals surface area contributed by atoms with Gasteiger partial charge in [-0.15, -0.1) is 0 Å². The smallest absolute Gasteiger partial charge is 0.273 e. The molecule has 0 aliphatic carbocycles. The van der Waals surface area contributed by atoms with Crippen LogP contribution in [0, 0.1) is 0 Å². The molecule has 0 radical (unpaired) electrons. The van der Waals surface area contributed by atoms with Gasteiger partial charge >= 0.3 is 0 Å². The summed E-state index contributed by atoms with van der Waals surface area (Å²) in [5, 5.41) is -0.119. The lowest BCUT2D eigenvalue weighted by Crippen LogP contribution is -2.07. The van der Waals surface area contributed by atoms with E-state index in [4.69, 9.17) is 26.8 Å². The Morgan fingerprint density at radius 3 is 2.89 bits per heavy atom. The molecule has 7 heteroatoms. The van der Waals surface area contributed by atoms with Crippen LogP contribution in [0.1, 0.15) is 0 Å². The maximum Gasteiger partial charge on any atom is 0.273 e. The number of anilines is 1. The van der Waals surface area contributed by atoms with E-state index in [2.05, 4.69) is 9.97 Å². The molecule has 2 aromatic rings. The standard InChI is InChI=1S/C11H10ClN3O3/c1-17-8-3-2-6(4-7(8)13)18-11-9(12)10(16)14-5-15-11/h2-5H,13H2,1H3,(H,14,15,16). The highest BCUT2D eigenvalue weighted by molar-refractivity contribution is 6.31. The summed E-state index contributed by atoms with van der Waals surface area (Å²) in [6.07, 6.45) is 1.20. The number of methoxy groups -OCH3 is 1. The van der Waals surface area contributed by atoms with Crippen molar-refractivity contribution in [1.82, 2.24) is 9.97 Å². The highest BCUT2D eigenvalue weighted by Crippen LogP contribution is 2.29. The normalized spacial score (nSPS) is 10.1. The van der Waals surface area contributed by atoms with Gasteiger partial charge in [-0.3, -0.25) is 4.79 Å². The Morgan fingerprint density at radius 1 is 1.44 bits per heavy atom. The van der Waals surface area contributed by atoms with E-state index < -0.39 is 5.56 Å². The van der Waals surface area contributed by atoms with Crippen LogP contribution in [-0.4, -0.2) is 17.1 Å². The molecule has 0 aliphatic heterocycles. The Hall–Kier alpha value is -2.21. The first-order chi connectivity index (χ1) is 8.61. The van der Waals surface area contributed by atoms with Crippen molar-refractivity contribution in [2.24, 2.45) is 0 Å². The molecule has 6 nitrogen and oxygen atoms in total. The van der Waals surface area contributed by atoms with Crippen molar-refractivity contribution in [3.8, 4) is 17.4 Å². The van der Waals surface area contributed by atoms with Crippen molar-refractivity contribution < 1.29 is 9.47 Å². The minimum absolute atomic E-state index is 0.0185. The maximum atomic E-state index is 11.2. The van der Waals surface area contributed by atoms with Crippen LogP contribution >= 0.6 is 11.6 Å². The highest BCUT2D eigenvalue weighted by Gasteiger charge is 2.09. The summed E-state index contributed by atoms with van der Waals surface area (Å²) in [7, 11) is 1.52. The van der Waals surface area contributed by atoms with Crippen LogP contribution in [-0.2, 0) is 0 Å². The zero-order valence-electron chi connectivity index (χ0n) is 9.44. The predicted molar refractivity (Wildman–Crippen MR) is 67.3 cm³/mol. The number of rotatable bonds is 3. The number of aromatic amines is 1. The van der Waals surface area contributed by atoms with Gasteiger partial charge in [-0.2, -0.15) is 0 Å². The lowest BCUT2D eigenvalue weighted by molar-refractivity contribution is 0.414. The van der Waals surface area contributed by atoms with Gasteiger partial charge in [-0.05, 0) is 12.1 Å². The Morgan fingerprint density at radius 2 is 2.22 bits per heavy atom. The van der Waals surface area contributed by atoms with E-state index in [0.29, 0.717) is 17.2 Å². The molecular formula is C11H10ClN3O3. The topological polar surface area (TPSA) is 90.2 Å². The van der Waals surface area contributed by atoms with Crippen molar-refractivity contribution in [2.45, 2.75) is 0 Å². The van der Waals surface area contributed by atoms with Gasteiger partial charge in [0.2, 0.25) is 5.88 Å². The van der Waals surface area contributed by atoms with Crippen LogP contribution in [0.15, 0.2) is 29.3 Å². The van der Waals surface area contributed by atoms with E-state index in [1.165, 1.54) is 13.4 Å². The maximum absolute atomic E-state index is 11.2. The Balaban J connectivity index is 2.32. The van der Waals surface area contributed by atoms with Gasteiger partial charge in [0.1, 0.15) is 11.5 Å². The summed E-state index contributed by atoms with van der Waals surface area (Å²) in [6, 6.07) is 4.83. The molecule has 2 rings (SSSR count). The zero-order chi connectivity index (χ0) is 13.1. The molecule has 0 bridgehead atoms. The summed E-state index contributed by atoms with van der Waals surface area (Å²) >= 11 is 5.75. The molecule has 18 heavy (non-hydrogen) atoms. The van der Waals surface area contributed by atoms with Gasteiger partial charge in [-0.1, -0.05) is 11.6 Å². The summed E-state index contributed by atoms with van der Waals surface area (Å²) in [5.41, 5.74) is 5.67. The molecule has 0 fully saturated rings. The second kappa shape index (κ2) is 4.97. The molecule has 0 saturated heterocycles. The first-order valence-corrected chi connectivity index (χ1v) is 5.34. The van der Waals surface area contributed by atoms with Crippen LogP contribution in [0.4, 0.5) is 5.69 Å². The first-order valence-electron chi connectivity index (χ1n) is 4.96. The number of halogens is 1. The average Bonchev–Trinajstić information content (AvgIpc) is 2.35. The molecule has 3 N–H and O–H groups in total. The van der Waals surface area contributed by atoms with Gasteiger partial charge < -0.3 is 20.2 Å². The third-order valence-corrected chi connectivity index (χ3v) is 2.51. The quantitative estimate of drug-likeness (QED) is 0.828. The molecule has 0 unspecified atom stereocenters. The third kappa shape index (κ3) is 2.38. The third-order valence-electron chi connectivity index (χ3n) is 2.18. The fraction of sp³-hybridized carbons (Fsp3) is 0.0909. The lowest BCUT2D eigenvalue weighted by Gasteiger charge is -2.08. The number of nitrogens with zero attached hydrogens (tertiary/aromatic N) is 1. The van der Waals surface area contributed by atoms with Crippen LogP contribution in [0.2, 0.25) is 5.02 Å². The number of ether oxygens (including phenoxy) is 2. The van der Waals surface area contributed by atoms with Crippen LogP contribution in [0.3, 0.4) is 0 Å². The predicted octanol–water partition coefficient (Wildman–Crippen LogP) is 1.81. The molecule has 0 saturated carbocycles. The fourth-order valence-electron chi connectivity index (χ4n) is 1.33. The molecule has 0 aliphatic rings. The van der Waals surface area contributed by atoms with Gasteiger partial charge in [0.05, 0.1) is 19.1 Å². The zero-order valence-corrected chi connectivity index (χ0v) is 10.2. The second-order valence-electron chi connectivity index (χ2n) is 3.36. The number of hydrogen-bond acceptors (Lipinski definition) is 5. The number of nitrogen functional groups attached to an aromatic ring is 1. The van der Waals surface area contributed by atoms with E-state index in [9.17, 15) is 4.79 Å². The van der Waals surface area contributed by atoms with Crippen molar-refractivity contribution in [1.29, 1.82) is 0 Å². The minimum Gasteiger partial charge on any atom is -0.495 e. The molecular weight excluding hydrogens is 258 g/mol. The molecule has 1 aromatic carbocycles. The molecule has 0 atom stereocenters. The summed E-state index contributed by atoms with van der Waals surface area (Å²) in [6.45, 7) is 0. The molecule has 0 spiro atoms. The van der Waals surface area contributed by atoms with E-state index in [1.54, 1.807) is 18.2 Å². The van der Waals surface area contributed by atoms with Crippen molar-refractivity contribution in [3.63, 3.8) is 0 Å². The average molecular weight is 268 g/mol. The van der Waals surface area contributed by atoms with Gasteiger partial charge in [0.25, 0.3) is 5.56 Å². The van der Waals surface area contributed by atoms with Crippen molar-refractivity contribution in [2.75, 3.05) is 12.8 Å². The minimum atomic E-state index is -0.469. The van der Waals surface area contributed by atoms with Crippen LogP contribution in [0.5, 0.6) is 17.4 Å². The van der Waals surface area contributed by atoms with E-state index in [1.807, 2.05) is 0 Å². The molecule has 1 aromatic heterocycles. The van der Waals surface area contributed by atoms with Crippen LogP contribution < -0.4 is 20.8 Å². The molecule has 0 amide bonds. The first kappa shape index (κ1) is 12.3. The van der Waals surface area contributed by atoms with Crippen LogP contribution in [0.25, 0.3) is 0 Å². The Bertz CT molecular complexity index is 627. The Kier molecular flexibility index (Phi) is 3.38. The van der Waals surface area contributed by atoms with Gasteiger partial charge in [0.15, 0.2) is 5.02 Å². The van der Waals surface area contributed by atoms with E-state index in [0.717, 1.165) is 0 Å². The van der Waals surface area contributed by atoms with Crippen molar-refractivity contribution >= 4 is 17.3 Å². The van der Waals surface area contributed by atoms with E-state index >= 15 is 0 Å². The largest absolute Gasteiger partial charge is 0.495 e. The molecule has 94 valence electrons. The number of H-pyrrole nitrogens is 1. The number of nitrogens with two attached hydrogens (primary N) is 1. The number of benzene rings is 1. The summed E-state index contributed by atoms with van der Waals surface area (Å²) in [5.74, 6) is 0.964. The SMILES string of the molecule is COc1ccc(Oc2nc[nH]c(=O)c2Cl)cc1N. The number of nitrogens with one attached hydrogen (secondary N) is 1. The second-order valence-corrected chi connectivity index (χ2v) is 3.73. The Labute approximate surface area is 107 Å². The fourth-order valence-corrected chi connectivity index (χ4v) is 1.47. The number of aromatic nitrogens is 2. The van der Waals surface area contributed by atoms with Gasteiger partial charge in [0, 0.05) is 6.07 Å². The van der Waals surface area contributed by atoms with E-state index in [-0.39, 0.29) is 10.9 Å². The highest BCUT2D eigenvalue weighted by atomic mass is 35.5. The van der Waals surface area contributed by atoms with Gasteiger partial charge in [-0.25, -0.2) is 4.98 Å². The molecule has 1 heterocycles. The van der Waals surface area contributed by atoms with Crippen molar-refractivity contribution in [3.05, 3.63) is 39.9 Å². The monoisotopic (exact) mass is 267 g/mol. The number of hydrogen-bond donors (Lipinski definition) is 2. The summed E-state index contributed by atoms with van der Waals surface area (Å²) in [4.78, 5) is 17.4.